The van der Waals surface area contributed by atoms with Crippen molar-refractivity contribution >= 4 is 11.9 Å². The van der Waals surface area contributed by atoms with Crippen LogP contribution in [0.1, 0.15) is 20.3 Å². The summed E-state index contributed by atoms with van der Waals surface area (Å²) in [6.07, 6.45) is -0.0716. The maximum Gasteiger partial charge on any atom is 0.334 e. The minimum absolute atomic E-state index is 0.0136. The molecule has 0 rings (SSSR count). The van der Waals surface area contributed by atoms with Crippen LogP contribution in [-0.4, -0.2) is 46.6 Å². The fraction of sp³-hybridized carbons (Fsp3) is 0.636. The van der Waals surface area contributed by atoms with Gasteiger partial charge in [-0.2, -0.15) is 0 Å². The number of hydrogen-bond donors (Lipinski definition) is 3. The molecule has 0 fully saturated rings. The van der Waals surface area contributed by atoms with Gasteiger partial charge in [-0.3, -0.25) is 4.79 Å². The van der Waals surface area contributed by atoms with Crippen LogP contribution in [0, 0.1) is 5.92 Å². The first-order chi connectivity index (χ1) is 7.86. The number of hydrogen-bond acceptors (Lipinski definition) is 5. The van der Waals surface area contributed by atoms with E-state index in [9.17, 15) is 9.59 Å². The number of carboxylic acids is 1. The average Bonchev–Trinajstić information content (AvgIpc) is 2.23. The van der Waals surface area contributed by atoms with Crippen molar-refractivity contribution in [1.29, 1.82) is 0 Å². The summed E-state index contributed by atoms with van der Waals surface area (Å²) in [5.74, 6) is -1.90. The lowest BCUT2D eigenvalue weighted by atomic mass is 10.1. The topological polar surface area (TPSA) is 104 Å². The SMILES string of the molecule is CC(C)C=C(CC(=O)O)C(=O)OCC(O)CO. The normalized spacial score (nSPS) is 13.6. The molecule has 0 spiro atoms. The second-order valence-electron chi connectivity index (χ2n) is 3.94. The molecule has 6 nitrogen and oxygen atoms in total. The zero-order valence-electron chi connectivity index (χ0n) is 9.92. The predicted octanol–water partition coefficient (Wildman–Crippen LogP) is -0.0601. The quantitative estimate of drug-likeness (QED) is 0.429. The van der Waals surface area contributed by atoms with Crippen molar-refractivity contribution in [3.8, 4) is 0 Å². The fourth-order valence-electron chi connectivity index (χ4n) is 1.08. The molecule has 0 aliphatic rings. The number of aliphatic hydroxyl groups is 2. The molecule has 3 N–H and O–H groups in total. The van der Waals surface area contributed by atoms with Crippen molar-refractivity contribution in [1.82, 2.24) is 0 Å². The van der Waals surface area contributed by atoms with Gasteiger partial charge in [0.25, 0.3) is 0 Å². The lowest BCUT2D eigenvalue weighted by Crippen LogP contribution is -2.23. The molecule has 0 bridgehead atoms. The molecule has 0 aromatic carbocycles. The van der Waals surface area contributed by atoms with Crippen LogP contribution in [0.15, 0.2) is 11.6 Å². The van der Waals surface area contributed by atoms with E-state index in [0.717, 1.165) is 0 Å². The first kappa shape index (κ1) is 15.6. The van der Waals surface area contributed by atoms with Crippen molar-refractivity contribution in [2.24, 2.45) is 5.92 Å². The summed E-state index contributed by atoms with van der Waals surface area (Å²) in [4.78, 5) is 22.0. The number of rotatable bonds is 7. The third-order valence-electron chi connectivity index (χ3n) is 1.76. The van der Waals surface area contributed by atoms with E-state index in [2.05, 4.69) is 4.74 Å². The largest absolute Gasteiger partial charge is 0.481 e. The van der Waals surface area contributed by atoms with E-state index in [1.807, 2.05) is 0 Å². The monoisotopic (exact) mass is 246 g/mol. The molecule has 0 saturated carbocycles. The van der Waals surface area contributed by atoms with Gasteiger partial charge in [0, 0.05) is 5.57 Å². The van der Waals surface area contributed by atoms with Crippen molar-refractivity contribution in [3.05, 3.63) is 11.6 Å². The van der Waals surface area contributed by atoms with Gasteiger partial charge in [0.1, 0.15) is 12.7 Å². The summed E-state index contributed by atoms with van der Waals surface area (Å²) in [6, 6.07) is 0. The molecule has 6 heteroatoms. The molecule has 0 amide bonds. The number of esters is 1. The Hall–Kier alpha value is -1.40. The molecule has 17 heavy (non-hydrogen) atoms. The van der Waals surface area contributed by atoms with Crippen LogP contribution < -0.4 is 0 Å². The number of allylic oxidation sites excluding steroid dienone is 1. The molecule has 98 valence electrons. The minimum atomic E-state index is -1.15. The Balaban J connectivity index is 4.49. The third-order valence-corrected chi connectivity index (χ3v) is 1.76. The number of carboxylic acid groups (broad SMARTS) is 1. The molecule has 1 unspecified atom stereocenters. The number of aliphatic carboxylic acids is 1. The van der Waals surface area contributed by atoms with Crippen LogP contribution in [0.4, 0.5) is 0 Å². The molecule has 0 radical (unpaired) electrons. The Morgan fingerprint density at radius 3 is 2.35 bits per heavy atom. The minimum Gasteiger partial charge on any atom is -0.481 e. The molecule has 0 heterocycles. The summed E-state index contributed by atoms with van der Waals surface area (Å²) in [5, 5.41) is 26.1. The van der Waals surface area contributed by atoms with E-state index < -0.39 is 31.1 Å². The smallest absolute Gasteiger partial charge is 0.334 e. The molecular formula is C11H18O6. The van der Waals surface area contributed by atoms with Gasteiger partial charge in [0.05, 0.1) is 13.0 Å². The maximum atomic E-state index is 11.5. The van der Waals surface area contributed by atoms with Gasteiger partial charge < -0.3 is 20.1 Å². The molecule has 0 aliphatic carbocycles. The van der Waals surface area contributed by atoms with E-state index in [1.165, 1.54) is 6.08 Å². The second-order valence-corrected chi connectivity index (χ2v) is 3.94. The van der Waals surface area contributed by atoms with Crippen LogP contribution in [0.3, 0.4) is 0 Å². The van der Waals surface area contributed by atoms with Gasteiger partial charge in [-0.1, -0.05) is 19.9 Å². The van der Waals surface area contributed by atoms with E-state index in [0.29, 0.717) is 0 Å². The molecular weight excluding hydrogens is 228 g/mol. The zero-order valence-corrected chi connectivity index (χ0v) is 9.92. The number of carbonyl (C=O) groups is 2. The standard InChI is InChI=1S/C11H18O6/c1-7(2)3-8(4-10(14)15)11(16)17-6-9(13)5-12/h3,7,9,12-13H,4-6H2,1-2H3,(H,14,15). The molecule has 0 aliphatic heterocycles. The highest BCUT2D eigenvalue weighted by Crippen LogP contribution is 2.09. The van der Waals surface area contributed by atoms with Crippen molar-refractivity contribution in [3.63, 3.8) is 0 Å². The van der Waals surface area contributed by atoms with Gasteiger partial charge in [0.2, 0.25) is 0 Å². The zero-order chi connectivity index (χ0) is 13.4. The summed E-state index contributed by atoms with van der Waals surface area (Å²) in [7, 11) is 0. The lowest BCUT2D eigenvalue weighted by molar-refractivity contribution is -0.145. The molecule has 1 atom stereocenters. The van der Waals surface area contributed by atoms with Gasteiger partial charge in [-0.15, -0.1) is 0 Å². The summed E-state index contributed by atoms with van der Waals surface area (Å²) < 4.78 is 4.68. The van der Waals surface area contributed by atoms with Crippen LogP contribution >= 0.6 is 0 Å². The van der Waals surface area contributed by atoms with E-state index >= 15 is 0 Å². The Morgan fingerprint density at radius 2 is 1.94 bits per heavy atom. The second kappa shape index (κ2) is 7.81. The highest BCUT2D eigenvalue weighted by atomic mass is 16.5. The van der Waals surface area contributed by atoms with Crippen LogP contribution in [-0.2, 0) is 14.3 Å². The van der Waals surface area contributed by atoms with Crippen LogP contribution in [0.2, 0.25) is 0 Å². The third kappa shape index (κ3) is 7.48. The number of aliphatic hydroxyl groups excluding tert-OH is 2. The van der Waals surface area contributed by atoms with Crippen LogP contribution in [0.25, 0.3) is 0 Å². The Bertz CT molecular complexity index is 294. The summed E-state index contributed by atoms with van der Waals surface area (Å²) in [5.41, 5.74) is 0.0395. The Morgan fingerprint density at radius 1 is 1.35 bits per heavy atom. The summed E-state index contributed by atoms with van der Waals surface area (Å²) in [6.45, 7) is 2.73. The van der Waals surface area contributed by atoms with E-state index in [1.54, 1.807) is 13.8 Å². The van der Waals surface area contributed by atoms with E-state index in [4.69, 9.17) is 15.3 Å². The number of carbonyl (C=O) groups excluding carboxylic acids is 1. The fourth-order valence-corrected chi connectivity index (χ4v) is 1.08. The highest BCUT2D eigenvalue weighted by Gasteiger charge is 2.16. The van der Waals surface area contributed by atoms with Gasteiger partial charge in [-0.05, 0) is 5.92 Å². The Kier molecular flexibility index (Phi) is 7.16. The maximum absolute atomic E-state index is 11.5. The molecule has 0 aromatic heterocycles. The highest BCUT2D eigenvalue weighted by molar-refractivity contribution is 5.93. The molecule has 0 saturated heterocycles. The summed E-state index contributed by atoms with van der Waals surface area (Å²) >= 11 is 0. The van der Waals surface area contributed by atoms with Gasteiger partial charge >= 0.3 is 11.9 Å². The van der Waals surface area contributed by atoms with Crippen LogP contribution in [0.5, 0.6) is 0 Å². The lowest BCUT2D eigenvalue weighted by Gasteiger charge is -2.10. The van der Waals surface area contributed by atoms with Gasteiger partial charge in [-0.25, -0.2) is 4.79 Å². The average molecular weight is 246 g/mol. The Labute approximate surface area is 99.5 Å². The van der Waals surface area contributed by atoms with Gasteiger partial charge in [0.15, 0.2) is 0 Å². The first-order valence-corrected chi connectivity index (χ1v) is 5.25. The van der Waals surface area contributed by atoms with Crippen molar-refractivity contribution in [2.45, 2.75) is 26.4 Å². The predicted molar refractivity (Wildman–Crippen MR) is 59.2 cm³/mol. The van der Waals surface area contributed by atoms with Crippen molar-refractivity contribution in [2.75, 3.05) is 13.2 Å². The first-order valence-electron chi connectivity index (χ1n) is 5.25. The van der Waals surface area contributed by atoms with E-state index in [-0.39, 0.29) is 18.1 Å². The molecule has 0 aromatic rings. The van der Waals surface area contributed by atoms with Crippen molar-refractivity contribution < 1.29 is 29.6 Å². The number of ether oxygens (including phenoxy) is 1.